The molecule has 5 heteroatoms. The number of amides is 1. The topological polar surface area (TPSA) is 51.2 Å². The molecule has 0 atom stereocenters. The highest BCUT2D eigenvalue weighted by molar-refractivity contribution is 6.29. The summed E-state index contributed by atoms with van der Waals surface area (Å²) in [5, 5.41) is 3.30. The van der Waals surface area contributed by atoms with Crippen LogP contribution in [-0.2, 0) is 11.2 Å². The molecule has 0 unspecified atom stereocenters. The van der Waals surface area contributed by atoms with Gasteiger partial charge in [-0.1, -0.05) is 31.9 Å². The number of pyridine rings is 1. The average molecular weight is 283 g/mol. The van der Waals surface area contributed by atoms with Crippen molar-refractivity contribution in [2.45, 2.75) is 26.7 Å². The predicted molar refractivity (Wildman–Crippen MR) is 74.5 cm³/mol. The molecule has 19 heavy (non-hydrogen) atoms. The Bertz CT molecular complexity index is 473. The number of hydrogen-bond donors (Lipinski definition) is 1. The Balaban J connectivity index is 2.01. The average Bonchev–Trinajstić information content (AvgIpc) is 2.33. The summed E-state index contributed by atoms with van der Waals surface area (Å²) in [6, 6.07) is 3.42. The van der Waals surface area contributed by atoms with Crippen molar-refractivity contribution in [3.63, 3.8) is 0 Å². The van der Waals surface area contributed by atoms with E-state index in [0.717, 1.165) is 18.5 Å². The lowest BCUT2D eigenvalue weighted by molar-refractivity contribution is -0.0978. The first-order chi connectivity index (χ1) is 9.02. The van der Waals surface area contributed by atoms with Gasteiger partial charge >= 0.3 is 0 Å². The third-order valence-corrected chi connectivity index (χ3v) is 3.39. The number of carbonyl (C=O) groups excluding carboxylic acids is 1. The highest BCUT2D eigenvalue weighted by Gasteiger charge is 2.33. The van der Waals surface area contributed by atoms with Crippen molar-refractivity contribution in [1.29, 1.82) is 0 Å². The minimum atomic E-state index is -0.102. The van der Waals surface area contributed by atoms with Gasteiger partial charge in [-0.3, -0.25) is 4.79 Å². The number of aromatic nitrogens is 1. The smallest absolute Gasteiger partial charge is 0.251 e. The van der Waals surface area contributed by atoms with Crippen molar-refractivity contribution in [1.82, 2.24) is 10.3 Å². The maximum absolute atomic E-state index is 12.1. The van der Waals surface area contributed by atoms with Gasteiger partial charge in [0.2, 0.25) is 0 Å². The number of ether oxygens (including phenoxy) is 1. The Morgan fingerprint density at radius 2 is 2.26 bits per heavy atom. The van der Waals surface area contributed by atoms with Gasteiger partial charge < -0.3 is 10.1 Å². The quantitative estimate of drug-likeness (QED) is 0.844. The first-order valence-electron chi connectivity index (χ1n) is 6.55. The molecule has 2 heterocycles. The summed E-state index contributed by atoms with van der Waals surface area (Å²) in [5.41, 5.74) is 1.50. The number of halogens is 1. The Morgan fingerprint density at radius 3 is 2.84 bits per heavy atom. The van der Waals surface area contributed by atoms with E-state index >= 15 is 0 Å². The van der Waals surface area contributed by atoms with Crippen LogP contribution in [0.3, 0.4) is 0 Å². The lowest BCUT2D eigenvalue weighted by atomic mass is 9.88. The largest absolute Gasteiger partial charge is 0.380 e. The zero-order valence-electron chi connectivity index (χ0n) is 11.3. The van der Waals surface area contributed by atoms with E-state index in [1.165, 1.54) is 0 Å². The summed E-state index contributed by atoms with van der Waals surface area (Å²) < 4.78 is 5.16. The summed E-state index contributed by atoms with van der Waals surface area (Å²) in [7, 11) is 0. The molecule has 104 valence electrons. The highest BCUT2D eigenvalue weighted by atomic mass is 35.5. The minimum Gasteiger partial charge on any atom is -0.380 e. The molecule has 0 aromatic carbocycles. The van der Waals surface area contributed by atoms with E-state index in [2.05, 4.69) is 24.1 Å². The molecule has 1 N–H and O–H groups in total. The van der Waals surface area contributed by atoms with Crippen LogP contribution >= 0.6 is 11.6 Å². The molecule has 0 radical (unpaired) electrons. The van der Waals surface area contributed by atoms with Crippen LogP contribution in [0.15, 0.2) is 12.1 Å². The first kappa shape index (κ1) is 14.3. The molecule has 4 nitrogen and oxygen atoms in total. The molecule has 1 fully saturated rings. The van der Waals surface area contributed by atoms with Gasteiger partial charge in [0.05, 0.1) is 13.2 Å². The summed E-state index contributed by atoms with van der Waals surface area (Å²) in [4.78, 5) is 16.3. The van der Waals surface area contributed by atoms with E-state index in [-0.39, 0.29) is 11.3 Å². The van der Waals surface area contributed by atoms with Crippen molar-refractivity contribution < 1.29 is 9.53 Å². The first-order valence-corrected chi connectivity index (χ1v) is 6.93. The van der Waals surface area contributed by atoms with E-state index in [4.69, 9.17) is 16.3 Å². The molecule has 1 aromatic heterocycles. The van der Waals surface area contributed by atoms with E-state index in [1.54, 1.807) is 6.07 Å². The molecular weight excluding hydrogens is 264 g/mol. The summed E-state index contributed by atoms with van der Waals surface area (Å²) in [5.74, 6) is -0.102. The fraction of sp³-hybridized carbons (Fsp3) is 0.571. The lowest BCUT2D eigenvalue weighted by Crippen LogP contribution is -2.48. The van der Waals surface area contributed by atoms with Gasteiger partial charge in [-0.25, -0.2) is 4.98 Å². The number of carbonyl (C=O) groups is 1. The van der Waals surface area contributed by atoms with Gasteiger partial charge in [-0.05, 0) is 18.6 Å². The molecule has 0 aliphatic carbocycles. The van der Waals surface area contributed by atoms with Crippen molar-refractivity contribution in [2.75, 3.05) is 19.8 Å². The van der Waals surface area contributed by atoms with Crippen molar-refractivity contribution in [3.05, 3.63) is 28.5 Å². The molecular formula is C14H19ClN2O2. The van der Waals surface area contributed by atoms with E-state index < -0.39 is 0 Å². The van der Waals surface area contributed by atoms with Gasteiger partial charge in [0.25, 0.3) is 5.91 Å². The summed E-state index contributed by atoms with van der Waals surface area (Å²) in [6.45, 7) is 6.18. The van der Waals surface area contributed by atoms with E-state index in [0.29, 0.717) is 30.5 Å². The molecule has 1 amide bonds. The molecule has 1 aromatic rings. The van der Waals surface area contributed by atoms with Crippen LogP contribution < -0.4 is 5.32 Å². The van der Waals surface area contributed by atoms with Gasteiger partial charge in [-0.2, -0.15) is 0 Å². The van der Waals surface area contributed by atoms with Crippen LogP contribution in [0.5, 0.6) is 0 Å². The fourth-order valence-electron chi connectivity index (χ4n) is 2.01. The number of rotatable bonds is 5. The Kier molecular flexibility index (Phi) is 4.42. The molecule has 1 saturated heterocycles. The monoisotopic (exact) mass is 282 g/mol. The van der Waals surface area contributed by atoms with Crippen LogP contribution in [0, 0.1) is 5.41 Å². The van der Waals surface area contributed by atoms with E-state index in [9.17, 15) is 4.79 Å². The van der Waals surface area contributed by atoms with Crippen LogP contribution in [0.25, 0.3) is 0 Å². The standard InChI is InChI=1S/C14H19ClN2O2/c1-3-4-11-5-10(6-12(15)17-11)13(18)16-7-14(2)8-19-9-14/h5-6H,3-4,7-9H2,1-2H3,(H,16,18). The number of hydrogen-bond acceptors (Lipinski definition) is 3. The molecule has 0 spiro atoms. The summed E-state index contributed by atoms with van der Waals surface area (Å²) >= 11 is 5.95. The second-order valence-corrected chi connectivity index (χ2v) is 5.79. The van der Waals surface area contributed by atoms with Crippen LogP contribution in [-0.4, -0.2) is 30.6 Å². The zero-order valence-corrected chi connectivity index (χ0v) is 12.1. The van der Waals surface area contributed by atoms with Crippen molar-refractivity contribution in [3.8, 4) is 0 Å². The normalized spacial score (nSPS) is 16.8. The van der Waals surface area contributed by atoms with Crippen molar-refractivity contribution >= 4 is 17.5 Å². The third kappa shape index (κ3) is 3.67. The summed E-state index contributed by atoms with van der Waals surface area (Å²) in [6.07, 6.45) is 1.80. The number of aryl methyl sites for hydroxylation is 1. The molecule has 0 bridgehead atoms. The molecule has 0 saturated carbocycles. The second kappa shape index (κ2) is 5.88. The zero-order chi connectivity index (χ0) is 13.9. The van der Waals surface area contributed by atoms with Crippen LogP contribution in [0.4, 0.5) is 0 Å². The SMILES string of the molecule is CCCc1cc(C(=O)NCC2(C)COC2)cc(Cl)n1. The predicted octanol–water partition coefficient (Wildman–Crippen LogP) is 2.45. The second-order valence-electron chi connectivity index (χ2n) is 5.41. The molecule has 1 aliphatic heterocycles. The molecule has 2 rings (SSSR count). The van der Waals surface area contributed by atoms with Gasteiger partial charge in [0.1, 0.15) is 5.15 Å². The van der Waals surface area contributed by atoms with Gasteiger partial charge in [0, 0.05) is 23.2 Å². The Morgan fingerprint density at radius 1 is 1.53 bits per heavy atom. The molecule has 1 aliphatic rings. The van der Waals surface area contributed by atoms with Crippen LogP contribution in [0.1, 0.15) is 36.3 Å². The van der Waals surface area contributed by atoms with Gasteiger partial charge in [0.15, 0.2) is 0 Å². The Hall–Kier alpha value is -1.13. The minimum absolute atomic E-state index is 0.0682. The lowest BCUT2D eigenvalue weighted by Gasteiger charge is -2.38. The maximum atomic E-state index is 12.1. The van der Waals surface area contributed by atoms with Crippen molar-refractivity contribution in [2.24, 2.45) is 5.41 Å². The Labute approximate surface area is 118 Å². The van der Waals surface area contributed by atoms with Crippen LogP contribution in [0.2, 0.25) is 5.15 Å². The third-order valence-electron chi connectivity index (χ3n) is 3.19. The van der Waals surface area contributed by atoms with Gasteiger partial charge in [-0.15, -0.1) is 0 Å². The maximum Gasteiger partial charge on any atom is 0.251 e. The fourth-order valence-corrected chi connectivity index (χ4v) is 2.24. The highest BCUT2D eigenvalue weighted by Crippen LogP contribution is 2.25. The number of nitrogens with zero attached hydrogens (tertiary/aromatic N) is 1. The van der Waals surface area contributed by atoms with E-state index in [1.807, 2.05) is 6.07 Å². The number of nitrogens with one attached hydrogen (secondary N) is 1.